The first-order valence-electron chi connectivity index (χ1n) is 5.88. The van der Waals surface area contributed by atoms with Gasteiger partial charge < -0.3 is 0 Å². The van der Waals surface area contributed by atoms with Crippen molar-refractivity contribution in [3.8, 4) is 0 Å². The topological polar surface area (TPSA) is 0 Å². The molecule has 0 amide bonds. The van der Waals surface area contributed by atoms with E-state index in [-0.39, 0.29) is 7.92 Å². The molecule has 1 heteroatoms. The van der Waals surface area contributed by atoms with Crippen LogP contribution in [-0.4, -0.2) is 10.3 Å². The highest BCUT2D eigenvalue weighted by Gasteiger charge is 2.40. The highest BCUT2D eigenvalue weighted by molar-refractivity contribution is 7.64. The molecule has 0 unspecified atom stereocenters. The van der Waals surface area contributed by atoms with Crippen molar-refractivity contribution in [2.75, 3.05) is 0 Å². The molecule has 1 rings (SSSR count). The van der Waals surface area contributed by atoms with Gasteiger partial charge in [-0.3, -0.25) is 0 Å². The van der Waals surface area contributed by atoms with Gasteiger partial charge in [-0.25, -0.2) is 0 Å². The Morgan fingerprint density at radius 1 is 0.786 bits per heavy atom. The van der Waals surface area contributed by atoms with Gasteiger partial charge in [-0.2, -0.15) is 0 Å². The van der Waals surface area contributed by atoms with E-state index < -0.39 is 0 Å². The summed E-state index contributed by atoms with van der Waals surface area (Å²) in [6, 6.07) is 0. The van der Waals surface area contributed by atoms with Gasteiger partial charge in [0, 0.05) is 5.66 Å². The lowest BCUT2D eigenvalue weighted by atomic mass is 10.2. The molecule has 1 radical (unpaired) electrons. The van der Waals surface area contributed by atoms with Gasteiger partial charge in [0.1, 0.15) is 0 Å². The van der Waals surface area contributed by atoms with Gasteiger partial charge in [0.2, 0.25) is 0 Å². The van der Waals surface area contributed by atoms with Crippen molar-refractivity contribution in [1.82, 2.24) is 0 Å². The summed E-state index contributed by atoms with van der Waals surface area (Å²) in [4.78, 5) is 0. The molecule has 0 aromatic heterocycles. The van der Waals surface area contributed by atoms with E-state index in [0.717, 1.165) is 0 Å². The minimum absolute atomic E-state index is 0.0728. The summed E-state index contributed by atoms with van der Waals surface area (Å²) in [6.07, 6.45) is 5.72. The minimum Gasteiger partial charge on any atom is -0.0883 e. The van der Waals surface area contributed by atoms with Gasteiger partial charge >= 0.3 is 0 Å². The second-order valence-corrected chi connectivity index (χ2v) is 10.4. The van der Waals surface area contributed by atoms with Crippen LogP contribution in [0.3, 0.4) is 0 Å². The van der Waals surface area contributed by atoms with Gasteiger partial charge in [-0.05, 0) is 23.2 Å². The van der Waals surface area contributed by atoms with Crippen LogP contribution in [0.2, 0.25) is 0 Å². The fourth-order valence-corrected chi connectivity index (χ4v) is 7.63. The van der Waals surface area contributed by atoms with Crippen LogP contribution >= 0.6 is 7.92 Å². The Labute approximate surface area is 91.6 Å². The van der Waals surface area contributed by atoms with Crippen molar-refractivity contribution in [3.05, 3.63) is 5.66 Å². The second-order valence-electron chi connectivity index (χ2n) is 6.45. The molecule has 1 fully saturated rings. The maximum atomic E-state index is 2.43. The second kappa shape index (κ2) is 4.12. The molecule has 14 heavy (non-hydrogen) atoms. The first-order valence-corrected chi connectivity index (χ1v) is 7.22. The maximum Gasteiger partial charge on any atom is 0.00109 e. The zero-order chi connectivity index (χ0) is 11.0. The molecular weight excluding hydrogens is 187 g/mol. The first-order chi connectivity index (χ1) is 6.23. The van der Waals surface area contributed by atoms with E-state index in [1.807, 2.05) is 5.66 Å². The van der Waals surface area contributed by atoms with E-state index in [2.05, 4.69) is 41.5 Å². The predicted molar refractivity (Wildman–Crippen MR) is 68.1 cm³/mol. The Kier molecular flexibility index (Phi) is 3.68. The number of hydrogen-bond donors (Lipinski definition) is 0. The van der Waals surface area contributed by atoms with E-state index in [9.17, 15) is 0 Å². The summed E-state index contributed by atoms with van der Waals surface area (Å²) in [7, 11) is 0.0728. The number of rotatable bonds is 1. The molecule has 1 aliphatic carbocycles. The SMILES string of the molecule is CC(C)(C)P([C]1CCCC1)C(C)(C)C. The molecule has 0 saturated heterocycles. The Bertz CT molecular complexity index is 162. The lowest BCUT2D eigenvalue weighted by Crippen LogP contribution is -2.27. The van der Waals surface area contributed by atoms with Crippen LogP contribution in [0.15, 0.2) is 0 Å². The lowest BCUT2D eigenvalue weighted by Gasteiger charge is -2.45. The molecule has 0 spiro atoms. The molecule has 0 heterocycles. The monoisotopic (exact) mass is 213 g/mol. The molecule has 0 N–H and O–H groups in total. The average molecular weight is 213 g/mol. The Morgan fingerprint density at radius 2 is 1.14 bits per heavy atom. The van der Waals surface area contributed by atoms with E-state index in [1.165, 1.54) is 25.7 Å². The smallest absolute Gasteiger partial charge is 0.00109 e. The van der Waals surface area contributed by atoms with Crippen LogP contribution in [0.4, 0.5) is 0 Å². The molecule has 83 valence electrons. The molecular formula is C13H26P. The average Bonchev–Trinajstić information content (AvgIpc) is 2.31. The van der Waals surface area contributed by atoms with Crippen molar-refractivity contribution in [1.29, 1.82) is 0 Å². The fraction of sp³-hybridized carbons (Fsp3) is 0.923. The standard InChI is InChI=1S/C13H26P/c1-12(2,3)14(13(4,5)6)11-9-7-8-10-11/h7-10H2,1-6H3. The minimum atomic E-state index is 0.0728. The Morgan fingerprint density at radius 3 is 1.43 bits per heavy atom. The van der Waals surface area contributed by atoms with E-state index in [0.29, 0.717) is 10.3 Å². The first kappa shape index (κ1) is 12.5. The van der Waals surface area contributed by atoms with E-state index in [4.69, 9.17) is 0 Å². The molecule has 0 aliphatic heterocycles. The Balaban J connectivity index is 2.82. The van der Waals surface area contributed by atoms with Gasteiger partial charge in [-0.1, -0.05) is 62.3 Å². The third-order valence-electron chi connectivity index (χ3n) is 2.84. The molecule has 1 aliphatic rings. The summed E-state index contributed by atoms with van der Waals surface area (Å²) >= 11 is 0. The summed E-state index contributed by atoms with van der Waals surface area (Å²) in [6.45, 7) is 14.6. The predicted octanol–water partition coefficient (Wildman–Crippen LogP) is 5.17. The fourth-order valence-electron chi connectivity index (χ4n) is 2.96. The highest BCUT2D eigenvalue weighted by atomic mass is 31.1. The van der Waals surface area contributed by atoms with Crippen molar-refractivity contribution in [2.45, 2.75) is 77.5 Å². The van der Waals surface area contributed by atoms with Gasteiger partial charge in [-0.15, -0.1) is 0 Å². The van der Waals surface area contributed by atoms with Crippen LogP contribution in [0.1, 0.15) is 67.2 Å². The summed E-state index contributed by atoms with van der Waals surface area (Å²) < 4.78 is 0. The number of hydrogen-bond acceptors (Lipinski definition) is 0. The van der Waals surface area contributed by atoms with Crippen LogP contribution in [-0.2, 0) is 0 Å². The summed E-state index contributed by atoms with van der Waals surface area (Å²) in [5.41, 5.74) is 1.90. The highest BCUT2D eigenvalue weighted by Crippen LogP contribution is 2.69. The van der Waals surface area contributed by atoms with Crippen LogP contribution in [0, 0.1) is 5.66 Å². The van der Waals surface area contributed by atoms with Gasteiger partial charge in [0.05, 0.1) is 0 Å². The Hall–Kier alpha value is 0.430. The normalized spacial score (nSPS) is 20.8. The molecule has 0 aromatic carbocycles. The van der Waals surface area contributed by atoms with Crippen molar-refractivity contribution < 1.29 is 0 Å². The van der Waals surface area contributed by atoms with Crippen molar-refractivity contribution in [2.24, 2.45) is 0 Å². The quantitative estimate of drug-likeness (QED) is 0.527. The maximum absolute atomic E-state index is 2.43. The molecule has 0 aromatic rings. The zero-order valence-corrected chi connectivity index (χ0v) is 11.7. The molecule has 0 atom stereocenters. The third-order valence-corrected chi connectivity index (χ3v) is 6.60. The molecule has 0 bridgehead atoms. The largest absolute Gasteiger partial charge is 0.0883 e. The van der Waals surface area contributed by atoms with Gasteiger partial charge in [0.25, 0.3) is 0 Å². The summed E-state index contributed by atoms with van der Waals surface area (Å²) in [5, 5.41) is 0.987. The van der Waals surface area contributed by atoms with E-state index in [1.54, 1.807) is 0 Å². The summed E-state index contributed by atoms with van der Waals surface area (Å²) in [5.74, 6) is 0. The van der Waals surface area contributed by atoms with Crippen molar-refractivity contribution >= 4 is 7.92 Å². The van der Waals surface area contributed by atoms with Crippen LogP contribution in [0.5, 0.6) is 0 Å². The van der Waals surface area contributed by atoms with E-state index >= 15 is 0 Å². The third kappa shape index (κ3) is 2.96. The van der Waals surface area contributed by atoms with Gasteiger partial charge in [0.15, 0.2) is 0 Å². The zero-order valence-electron chi connectivity index (χ0n) is 10.8. The van der Waals surface area contributed by atoms with Crippen molar-refractivity contribution in [3.63, 3.8) is 0 Å². The van der Waals surface area contributed by atoms with Crippen LogP contribution < -0.4 is 0 Å². The van der Waals surface area contributed by atoms with Crippen LogP contribution in [0.25, 0.3) is 0 Å². The molecule has 0 nitrogen and oxygen atoms in total. The molecule has 1 saturated carbocycles. The lowest BCUT2D eigenvalue weighted by molar-refractivity contribution is 0.699.